The van der Waals surface area contributed by atoms with Gasteiger partial charge in [-0.3, -0.25) is 4.79 Å². The average Bonchev–Trinajstić information content (AvgIpc) is 2.20. The van der Waals surface area contributed by atoms with E-state index in [0.717, 1.165) is 32.3 Å². The molecule has 1 fully saturated rings. The van der Waals surface area contributed by atoms with E-state index >= 15 is 0 Å². The number of ether oxygens (including phenoxy) is 1. The summed E-state index contributed by atoms with van der Waals surface area (Å²) < 4.78 is 5.51. The lowest BCUT2D eigenvalue weighted by Crippen LogP contribution is -2.22. The number of hydrogen-bond donors (Lipinski definition) is 0. The van der Waals surface area contributed by atoms with Crippen molar-refractivity contribution in [2.75, 3.05) is 6.61 Å². The molecule has 0 radical (unpaired) electrons. The van der Waals surface area contributed by atoms with Crippen LogP contribution in [0.2, 0.25) is 0 Å². The molecule has 0 amide bonds. The zero-order chi connectivity index (χ0) is 10.2. The van der Waals surface area contributed by atoms with Crippen LogP contribution >= 0.6 is 0 Å². The predicted octanol–water partition coefficient (Wildman–Crippen LogP) is 2.87. The van der Waals surface area contributed by atoms with E-state index in [4.69, 9.17) is 4.74 Å². The first-order valence-electron chi connectivity index (χ1n) is 5.57. The van der Waals surface area contributed by atoms with Gasteiger partial charge in [0, 0.05) is 19.4 Å². The van der Waals surface area contributed by atoms with E-state index in [-0.39, 0.29) is 6.10 Å². The topological polar surface area (TPSA) is 26.3 Å². The summed E-state index contributed by atoms with van der Waals surface area (Å²) in [5, 5.41) is 0. The first-order chi connectivity index (χ1) is 6.83. The molecule has 2 heteroatoms. The van der Waals surface area contributed by atoms with E-state index < -0.39 is 0 Å². The van der Waals surface area contributed by atoms with Crippen LogP contribution in [0.25, 0.3) is 0 Å². The highest BCUT2D eigenvalue weighted by atomic mass is 16.5. The van der Waals surface area contributed by atoms with Crippen LogP contribution in [0.4, 0.5) is 0 Å². The molecule has 1 aliphatic heterocycles. The summed E-state index contributed by atoms with van der Waals surface area (Å²) >= 11 is 0. The number of carbonyl (C=O) groups excluding carboxylic acids is 1. The highest BCUT2D eigenvalue weighted by Gasteiger charge is 2.16. The van der Waals surface area contributed by atoms with Gasteiger partial charge in [0.25, 0.3) is 0 Å². The zero-order valence-corrected chi connectivity index (χ0v) is 8.84. The number of hydrogen-bond acceptors (Lipinski definition) is 2. The Balaban J connectivity index is 2.09. The number of ketones is 1. The molecule has 0 spiro atoms. The van der Waals surface area contributed by atoms with Gasteiger partial charge in [-0.1, -0.05) is 6.08 Å². The second kappa shape index (κ2) is 6.77. The van der Waals surface area contributed by atoms with E-state index in [1.54, 1.807) is 0 Å². The van der Waals surface area contributed by atoms with Crippen molar-refractivity contribution in [2.24, 2.45) is 0 Å². The summed E-state index contributed by atoms with van der Waals surface area (Å²) in [6.45, 7) is 4.48. The Morgan fingerprint density at radius 2 is 2.36 bits per heavy atom. The third-order valence-electron chi connectivity index (χ3n) is 2.59. The molecule has 1 rings (SSSR count). The maximum Gasteiger partial charge on any atom is 0.135 e. The lowest BCUT2D eigenvalue weighted by Gasteiger charge is -2.21. The molecular formula is C12H20O2. The lowest BCUT2D eigenvalue weighted by atomic mass is 10.0. The Hall–Kier alpha value is -0.630. The van der Waals surface area contributed by atoms with Crippen LogP contribution < -0.4 is 0 Å². The third kappa shape index (κ3) is 4.56. The molecule has 0 bridgehead atoms. The van der Waals surface area contributed by atoms with Crippen molar-refractivity contribution in [2.45, 2.75) is 51.0 Å². The van der Waals surface area contributed by atoms with Crippen molar-refractivity contribution in [3.8, 4) is 0 Å². The van der Waals surface area contributed by atoms with Gasteiger partial charge in [-0.2, -0.15) is 0 Å². The molecule has 0 aromatic carbocycles. The number of Topliss-reactive ketones (excluding diaryl/α,β-unsaturated/α-hetero) is 1. The predicted molar refractivity (Wildman–Crippen MR) is 57.3 cm³/mol. The SMILES string of the molecule is C=CCCCC(=O)CC1CCCCO1. The zero-order valence-electron chi connectivity index (χ0n) is 8.84. The fourth-order valence-electron chi connectivity index (χ4n) is 1.77. The van der Waals surface area contributed by atoms with Gasteiger partial charge in [-0.25, -0.2) is 0 Å². The van der Waals surface area contributed by atoms with E-state index in [1.807, 2.05) is 6.08 Å². The largest absolute Gasteiger partial charge is 0.378 e. The first kappa shape index (κ1) is 11.4. The monoisotopic (exact) mass is 196 g/mol. The molecule has 0 aromatic rings. The molecule has 1 heterocycles. The summed E-state index contributed by atoms with van der Waals surface area (Å²) in [5.74, 6) is 0.346. The maximum absolute atomic E-state index is 11.5. The Kier molecular flexibility index (Phi) is 5.53. The van der Waals surface area contributed by atoms with E-state index in [0.29, 0.717) is 18.6 Å². The number of carbonyl (C=O) groups is 1. The Morgan fingerprint density at radius 1 is 1.50 bits per heavy atom. The smallest absolute Gasteiger partial charge is 0.135 e. The van der Waals surface area contributed by atoms with Crippen LogP contribution in [0.5, 0.6) is 0 Å². The fraction of sp³-hybridized carbons (Fsp3) is 0.750. The molecule has 0 aliphatic carbocycles. The van der Waals surface area contributed by atoms with E-state index in [2.05, 4.69) is 6.58 Å². The molecule has 0 N–H and O–H groups in total. The average molecular weight is 196 g/mol. The molecule has 14 heavy (non-hydrogen) atoms. The van der Waals surface area contributed by atoms with E-state index in [9.17, 15) is 4.79 Å². The molecule has 2 nitrogen and oxygen atoms in total. The van der Waals surface area contributed by atoms with Crippen molar-refractivity contribution < 1.29 is 9.53 Å². The Labute approximate surface area is 86.3 Å². The van der Waals surface area contributed by atoms with Crippen LogP contribution in [0.3, 0.4) is 0 Å². The van der Waals surface area contributed by atoms with Crippen molar-refractivity contribution in [1.82, 2.24) is 0 Å². The Bertz CT molecular complexity index is 181. The second-order valence-electron chi connectivity index (χ2n) is 3.91. The standard InChI is InChI=1S/C12H20O2/c1-2-3-4-7-11(13)10-12-8-5-6-9-14-12/h2,12H,1,3-10H2. The molecule has 1 aliphatic rings. The van der Waals surface area contributed by atoms with Gasteiger partial charge in [-0.15, -0.1) is 6.58 Å². The van der Waals surface area contributed by atoms with Gasteiger partial charge in [0.05, 0.1) is 6.10 Å². The summed E-state index contributed by atoms with van der Waals surface area (Å²) in [7, 11) is 0. The van der Waals surface area contributed by atoms with Gasteiger partial charge in [0.2, 0.25) is 0 Å². The minimum atomic E-state index is 0.208. The van der Waals surface area contributed by atoms with Crippen LogP contribution in [0, 0.1) is 0 Å². The van der Waals surface area contributed by atoms with Crippen molar-refractivity contribution >= 4 is 5.78 Å². The molecule has 0 saturated carbocycles. The fourth-order valence-corrected chi connectivity index (χ4v) is 1.77. The molecule has 1 atom stereocenters. The van der Waals surface area contributed by atoms with Gasteiger partial charge in [0.1, 0.15) is 5.78 Å². The number of rotatable bonds is 6. The number of unbranched alkanes of at least 4 members (excludes halogenated alkanes) is 1. The van der Waals surface area contributed by atoms with Crippen molar-refractivity contribution in [3.63, 3.8) is 0 Å². The van der Waals surface area contributed by atoms with Gasteiger partial charge in [-0.05, 0) is 32.1 Å². The van der Waals surface area contributed by atoms with Crippen molar-refractivity contribution in [1.29, 1.82) is 0 Å². The maximum atomic E-state index is 11.5. The molecule has 1 unspecified atom stereocenters. The van der Waals surface area contributed by atoms with Crippen molar-refractivity contribution in [3.05, 3.63) is 12.7 Å². The van der Waals surface area contributed by atoms with Gasteiger partial charge >= 0.3 is 0 Å². The molecule has 80 valence electrons. The van der Waals surface area contributed by atoms with Crippen LogP contribution in [0.1, 0.15) is 44.9 Å². The molecule has 1 saturated heterocycles. The normalized spacial score (nSPS) is 21.9. The van der Waals surface area contributed by atoms with Gasteiger partial charge in [0.15, 0.2) is 0 Å². The third-order valence-corrected chi connectivity index (χ3v) is 2.59. The minimum absolute atomic E-state index is 0.208. The number of allylic oxidation sites excluding steroid dienone is 1. The molecule has 0 aromatic heterocycles. The summed E-state index contributed by atoms with van der Waals surface area (Å²) in [6, 6.07) is 0. The summed E-state index contributed by atoms with van der Waals surface area (Å²) in [5.41, 5.74) is 0. The van der Waals surface area contributed by atoms with Gasteiger partial charge < -0.3 is 4.74 Å². The van der Waals surface area contributed by atoms with Crippen LogP contribution in [0.15, 0.2) is 12.7 Å². The Morgan fingerprint density at radius 3 is 3.00 bits per heavy atom. The quantitative estimate of drug-likeness (QED) is 0.482. The summed E-state index contributed by atoms with van der Waals surface area (Å²) in [6.07, 6.45) is 8.69. The minimum Gasteiger partial charge on any atom is -0.378 e. The molecular weight excluding hydrogens is 176 g/mol. The van der Waals surface area contributed by atoms with Crippen LogP contribution in [-0.2, 0) is 9.53 Å². The van der Waals surface area contributed by atoms with E-state index in [1.165, 1.54) is 6.42 Å². The second-order valence-corrected chi connectivity index (χ2v) is 3.91. The first-order valence-corrected chi connectivity index (χ1v) is 5.57. The van der Waals surface area contributed by atoms with Crippen LogP contribution in [-0.4, -0.2) is 18.5 Å². The highest BCUT2D eigenvalue weighted by molar-refractivity contribution is 5.78. The lowest BCUT2D eigenvalue weighted by molar-refractivity contribution is -0.122. The summed E-state index contributed by atoms with van der Waals surface area (Å²) in [4.78, 5) is 11.5. The highest BCUT2D eigenvalue weighted by Crippen LogP contribution is 2.16.